The van der Waals surface area contributed by atoms with Crippen molar-refractivity contribution in [2.24, 2.45) is 0 Å². The fourth-order valence-corrected chi connectivity index (χ4v) is 1.63. The minimum absolute atomic E-state index is 0.301. The number of furan rings is 1. The fourth-order valence-electron chi connectivity index (χ4n) is 1.63. The van der Waals surface area contributed by atoms with Crippen LogP contribution in [0.25, 0.3) is 0 Å². The molecule has 0 spiro atoms. The summed E-state index contributed by atoms with van der Waals surface area (Å²) in [6.07, 6.45) is 5.84. The van der Waals surface area contributed by atoms with E-state index >= 15 is 0 Å². The van der Waals surface area contributed by atoms with E-state index in [1.165, 1.54) is 0 Å². The van der Waals surface area contributed by atoms with Crippen molar-refractivity contribution in [3.63, 3.8) is 0 Å². The Morgan fingerprint density at radius 1 is 1.40 bits per heavy atom. The molecule has 0 saturated carbocycles. The number of nitrogens with one attached hydrogen (secondary N) is 1. The summed E-state index contributed by atoms with van der Waals surface area (Å²) in [5, 5.41) is 12.1. The molecule has 0 aliphatic carbocycles. The molecule has 0 aromatic carbocycles. The highest BCUT2D eigenvalue weighted by molar-refractivity contribution is 5.03. The van der Waals surface area contributed by atoms with Crippen molar-refractivity contribution < 1.29 is 9.52 Å². The van der Waals surface area contributed by atoms with E-state index in [0.717, 1.165) is 38.0 Å². The van der Waals surface area contributed by atoms with Gasteiger partial charge in [0, 0.05) is 6.61 Å². The number of unbranched alkanes of at least 4 members (excludes halogenated alkanes) is 2. The maximum Gasteiger partial charge on any atom is 0.120 e. The van der Waals surface area contributed by atoms with Crippen LogP contribution in [-0.2, 0) is 0 Å². The van der Waals surface area contributed by atoms with E-state index in [1.807, 2.05) is 12.1 Å². The first-order chi connectivity index (χ1) is 7.38. The molecule has 1 aromatic rings. The highest BCUT2D eigenvalue weighted by Gasteiger charge is 2.09. The van der Waals surface area contributed by atoms with Gasteiger partial charge in [-0.1, -0.05) is 6.92 Å². The van der Waals surface area contributed by atoms with Crippen LogP contribution in [0.1, 0.15) is 44.4 Å². The molecule has 0 amide bonds. The molecule has 1 rings (SSSR count). The third-order valence-corrected chi connectivity index (χ3v) is 2.52. The molecule has 0 bridgehead atoms. The monoisotopic (exact) mass is 211 g/mol. The molecule has 1 aromatic heterocycles. The van der Waals surface area contributed by atoms with Crippen LogP contribution in [0.3, 0.4) is 0 Å². The Hall–Kier alpha value is -0.800. The Balaban J connectivity index is 2.18. The van der Waals surface area contributed by atoms with Crippen LogP contribution in [0.2, 0.25) is 0 Å². The van der Waals surface area contributed by atoms with E-state index in [4.69, 9.17) is 9.52 Å². The van der Waals surface area contributed by atoms with Gasteiger partial charge in [0.15, 0.2) is 0 Å². The minimum atomic E-state index is 0.301. The predicted molar refractivity (Wildman–Crippen MR) is 60.7 cm³/mol. The number of aliphatic hydroxyl groups is 1. The maximum absolute atomic E-state index is 8.64. The number of hydrogen-bond donors (Lipinski definition) is 2. The summed E-state index contributed by atoms with van der Waals surface area (Å²) in [4.78, 5) is 0. The fraction of sp³-hybridized carbons (Fsp3) is 0.667. The molecule has 0 fully saturated rings. The zero-order chi connectivity index (χ0) is 10.9. The average molecular weight is 211 g/mol. The molecule has 1 heterocycles. The molecule has 1 atom stereocenters. The second kappa shape index (κ2) is 7.49. The zero-order valence-corrected chi connectivity index (χ0v) is 9.41. The second-order valence-electron chi connectivity index (χ2n) is 3.71. The van der Waals surface area contributed by atoms with Crippen molar-refractivity contribution in [3.05, 3.63) is 24.2 Å². The lowest BCUT2D eigenvalue weighted by atomic mass is 10.1. The number of rotatable bonds is 8. The van der Waals surface area contributed by atoms with Gasteiger partial charge in [0.2, 0.25) is 0 Å². The van der Waals surface area contributed by atoms with Crippen molar-refractivity contribution in [2.75, 3.05) is 13.2 Å². The topological polar surface area (TPSA) is 45.4 Å². The quantitative estimate of drug-likeness (QED) is 0.649. The lowest BCUT2D eigenvalue weighted by Gasteiger charge is -2.14. The number of aliphatic hydroxyl groups excluding tert-OH is 1. The highest BCUT2D eigenvalue weighted by Crippen LogP contribution is 2.16. The van der Waals surface area contributed by atoms with E-state index in [0.29, 0.717) is 12.6 Å². The van der Waals surface area contributed by atoms with Crippen LogP contribution < -0.4 is 5.32 Å². The summed E-state index contributed by atoms with van der Waals surface area (Å²) in [5.74, 6) is 1.01. The Morgan fingerprint density at radius 2 is 2.27 bits per heavy atom. The third-order valence-electron chi connectivity index (χ3n) is 2.52. The van der Waals surface area contributed by atoms with E-state index in [9.17, 15) is 0 Å². The second-order valence-corrected chi connectivity index (χ2v) is 3.71. The molecule has 2 N–H and O–H groups in total. The lowest BCUT2D eigenvalue weighted by Crippen LogP contribution is -2.21. The van der Waals surface area contributed by atoms with Crippen molar-refractivity contribution >= 4 is 0 Å². The van der Waals surface area contributed by atoms with Crippen LogP contribution >= 0.6 is 0 Å². The Labute approximate surface area is 91.5 Å². The molecule has 0 radical (unpaired) electrons. The van der Waals surface area contributed by atoms with Crippen molar-refractivity contribution in [3.8, 4) is 0 Å². The SMILES string of the molecule is CCC(NCCCCCO)c1ccco1. The lowest BCUT2D eigenvalue weighted by molar-refractivity contribution is 0.282. The molecule has 1 unspecified atom stereocenters. The summed E-state index contributed by atoms with van der Waals surface area (Å²) in [7, 11) is 0. The molecular formula is C12H21NO2. The third kappa shape index (κ3) is 4.49. The van der Waals surface area contributed by atoms with Gasteiger partial charge in [-0.15, -0.1) is 0 Å². The highest BCUT2D eigenvalue weighted by atomic mass is 16.3. The van der Waals surface area contributed by atoms with Crippen molar-refractivity contribution in [1.29, 1.82) is 0 Å². The standard InChI is InChI=1S/C12H21NO2/c1-2-11(12-7-6-10-15-12)13-8-4-3-5-9-14/h6-7,10-11,13-14H,2-5,8-9H2,1H3. The van der Waals surface area contributed by atoms with Crippen LogP contribution in [0.4, 0.5) is 0 Å². The van der Waals surface area contributed by atoms with Gasteiger partial charge >= 0.3 is 0 Å². The number of hydrogen-bond acceptors (Lipinski definition) is 3. The zero-order valence-electron chi connectivity index (χ0n) is 9.41. The van der Waals surface area contributed by atoms with Gasteiger partial charge < -0.3 is 14.8 Å². The Bertz CT molecular complexity index is 234. The van der Waals surface area contributed by atoms with Gasteiger partial charge in [-0.05, 0) is 44.4 Å². The minimum Gasteiger partial charge on any atom is -0.468 e. The Morgan fingerprint density at radius 3 is 2.87 bits per heavy atom. The van der Waals surface area contributed by atoms with Crippen LogP contribution in [0.15, 0.2) is 22.8 Å². The van der Waals surface area contributed by atoms with E-state index in [2.05, 4.69) is 12.2 Å². The molecule has 15 heavy (non-hydrogen) atoms. The molecule has 0 aliphatic rings. The van der Waals surface area contributed by atoms with E-state index in [1.54, 1.807) is 6.26 Å². The molecule has 3 nitrogen and oxygen atoms in total. The summed E-state index contributed by atoms with van der Waals surface area (Å²) in [6, 6.07) is 4.26. The predicted octanol–water partition coefficient (Wildman–Crippen LogP) is 2.48. The largest absolute Gasteiger partial charge is 0.468 e. The van der Waals surface area contributed by atoms with Crippen LogP contribution in [0, 0.1) is 0 Å². The molecule has 0 saturated heterocycles. The smallest absolute Gasteiger partial charge is 0.120 e. The first-order valence-corrected chi connectivity index (χ1v) is 5.76. The summed E-state index contributed by atoms with van der Waals surface area (Å²) >= 11 is 0. The maximum atomic E-state index is 8.64. The molecule has 0 aliphatic heterocycles. The first kappa shape index (κ1) is 12.3. The van der Waals surface area contributed by atoms with Crippen LogP contribution in [-0.4, -0.2) is 18.3 Å². The van der Waals surface area contributed by atoms with Gasteiger partial charge in [-0.3, -0.25) is 0 Å². The van der Waals surface area contributed by atoms with Gasteiger partial charge in [0.25, 0.3) is 0 Å². The van der Waals surface area contributed by atoms with Gasteiger partial charge in [-0.25, -0.2) is 0 Å². The van der Waals surface area contributed by atoms with Crippen LogP contribution in [0.5, 0.6) is 0 Å². The van der Waals surface area contributed by atoms with Crippen molar-refractivity contribution in [1.82, 2.24) is 5.32 Å². The summed E-state index contributed by atoms with van der Waals surface area (Å²) < 4.78 is 5.36. The molecule has 86 valence electrons. The molecule has 3 heteroatoms. The average Bonchev–Trinajstić information content (AvgIpc) is 2.77. The van der Waals surface area contributed by atoms with Gasteiger partial charge in [0.05, 0.1) is 12.3 Å². The van der Waals surface area contributed by atoms with Gasteiger partial charge in [0.1, 0.15) is 5.76 Å². The van der Waals surface area contributed by atoms with E-state index in [-0.39, 0.29) is 0 Å². The van der Waals surface area contributed by atoms with E-state index < -0.39 is 0 Å². The summed E-state index contributed by atoms with van der Waals surface area (Å²) in [6.45, 7) is 3.43. The van der Waals surface area contributed by atoms with Crippen molar-refractivity contribution in [2.45, 2.75) is 38.6 Å². The molecular weight excluding hydrogens is 190 g/mol. The Kier molecular flexibility index (Phi) is 6.12. The summed E-state index contributed by atoms with van der Waals surface area (Å²) in [5.41, 5.74) is 0. The normalized spacial score (nSPS) is 12.9. The first-order valence-electron chi connectivity index (χ1n) is 5.76. The van der Waals surface area contributed by atoms with Gasteiger partial charge in [-0.2, -0.15) is 0 Å².